The van der Waals surface area contributed by atoms with Crippen LogP contribution in [0.4, 0.5) is 0 Å². The van der Waals surface area contributed by atoms with E-state index in [1.807, 2.05) is 0 Å². The van der Waals surface area contributed by atoms with E-state index in [1.54, 1.807) is 19.1 Å². The second kappa shape index (κ2) is 17.0. The first kappa shape index (κ1) is 37.6. The van der Waals surface area contributed by atoms with Gasteiger partial charge in [0, 0.05) is 11.5 Å². The molecule has 17 nitrogen and oxygen atoms in total. The van der Waals surface area contributed by atoms with Gasteiger partial charge in [0.05, 0.1) is 38.6 Å². The van der Waals surface area contributed by atoms with Crippen molar-refractivity contribution in [3.8, 4) is 5.75 Å². The molecule has 12 atom stereocenters. The van der Waals surface area contributed by atoms with Crippen molar-refractivity contribution in [2.45, 2.75) is 87.5 Å². The number of carbonyl (C=O) groups is 2. The summed E-state index contributed by atoms with van der Waals surface area (Å²) in [5.41, 5.74) is 0.922. The molecule has 0 aromatic heterocycles. The maximum atomic E-state index is 13.1. The maximum absolute atomic E-state index is 13.1. The molecule has 3 aliphatic rings. The van der Waals surface area contributed by atoms with Gasteiger partial charge in [0.1, 0.15) is 61.2 Å². The van der Waals surface area contributed by atoms with Gasteiger partial charge in [-0.1, -0.05) is 18.2 Å². The highest BCUT2D eigenvalue weighted by molar-refractivity contribution is 5.90. The molecule has 0 bridgehead atoms. The first-order valence-electron chi connectivity index (χ1n) is 15.2. The summed E-state index contributed by atoms with van der Waals surface area (Å²) in [5, 5.41) is 80.8. The number of phenolic OH excluding ortho intramolecular Hbond substituents is 1. The largest absolute Gasteiger partial charge is 0.508 e. The van der Waals surface area contributed by atoms with E-state index in [0.717, 1.165) is 18.9 Å². The fraction of sp³-hybridized carbons (Fsp3) is 0.613. The zero-order chi connectivity index (χ0) is 35.1. The van der Waals surface area contributed by atoms with Crippen molar-refractivity contribution in [2.75, 3.05) is 26.9 Å². The van der Waals surface area contributed by atoms with Crippen LogP contribution in [0.15, 0.2) is 47.7 Å². The third kappa shape index (κ3) is 8.68. The van der Waals surface area contributed by atoms with Crippen LogP contribution in [0.1, 0.15) is 18.9 Å². The van der Waals surface area contributed by atoms with Crippen LogP contribution < -0.4 is 0 Å². The molecule has 1 aromatic rings. The van der Waals surface area contributed by atoms with Crippen LogP contribution in [0.2, 0.25) is 0 Å². The van der Waals surface area contributed by atoms with E-state index in [9.17, 15) is 50.4 Å². The van der Waals surface area contributed by atoms with E-state index >= 15 is 0 Å². The van der Waals surface area contributed by atoms with E-state index in [-0.39, 0.29) is 23.5 Å². The number of aliphatic hydroxyl groups excluding tert-OH is 7. The molecule has 0 amide bonds. The van der Waals surface area contributed by atoms with Crippen molar-refractivity contribution >= 4 is 11.9 Å². The van der Waals surface area contributed by atoms with Crippen molar-refractivity contribution in [1.29, 1.82) is 0 Å². The fourth-order valence-corrected chi connectivity index (χ4v) is 5.47. The lowest BCUT2D eigenvalue weighted by atomic mass is 9.86. The monoisotopic (exact) mass is 686 g/mol. The molecule has 0 aliphatic carbocycles. The Morgan fingerprint density at radius 2 is 1.50 bits per heavy atom. The highest BCUT2D eigenvalue weighted by atomic mass is 16.8. The lowest BCUT2D eigenvalue weighted by Gasteiger charge is -2.42. The summed E-state index contributed by atoms with van der Waals surface area (Å²) in [6, 6.07) is 6.37. The third-order valence-corrected chi connectivity index (χ3v) is 8.29. The molecule has 0 radical (unpaired) electrons. The standard InChI is InChI=1S/C31H42O17/c1-3-16-17(18(28(41)42-2)12-45-29(16)48-31-27(40)24(37)22(35)19(11-32)46-31)10-21(34)44-13-20-23(36)25(38)26(39)30(47-20)43-9-8-14-4-6-15(33)7-5-14/h3-7,12,17,19-20,22-27,29-33,35-40H,8-11,13H2,1-2H3/b16-3-/t17?,19-,20-,22-,23-,24+,25+,26-,27-,29+,30-,31+/m1/s1. The molecule has 0 saturated carbocycles. The number of aromatic hydroxyl groups is 1. The molecule has 17 heteroatoms. The summed E-state index contributed by atoms with van der Waals surface area (Å²) in [5.74, 6) is -2.69. The maximum Gasteiger partial charge on any atom is 0.337 e. The minimum absolute atomic E-state index is 0.0483. The van der Waals surface area contributed by atoms with Gasteiger partial charge in [-0.25, -0.2) is 4.79 Å². The molecular weight excluding hydrogens is 644 g/mol. The number of hydrogen-bond donors (Lipinski definition) is 8. The molecule has 268 valence electrons. The molecular formula is C31H42O17. The van der Waals surface area contributed by atoms with Crippen molar-refractivity contribution in [1.82, 2.24) is 0 Å². The minimum Gasteiger partial charge on any atom is -0.508 e. The number of esters is 2. The van der Waals surface area contributed by atoms with Gasteiger partial charge in [0.25, 0.3) is 0 Å². The zero-order valence-corrected chi connectivity index (χ0v) is 26.2. The van der Waals surface area contributed by atoms with Crippen LogP contribution in [-0.2, 0) is 49.2 Å². The second-order valence-electron chi connectivity index (χ2n) is 11.4. The number of phenols is 1. The predicted molar refractivity (Wildman–Crippen MR) is 157 cm³/mol. The summed E-state index contributed by atoms with van der Waals surface area (Å²) >= 11 is 0. The van der Waals surface area contributed by atoms with E-state index < -0.39 is 105 Å². The quantitative estimate of drug-likeness (QED) is 0.0834. The van der Waals surface area contributed by atoms with E-state index in [2.05, 4.69) is 0 Å². The summed E-state index contributed by atoms with van der Waals surface area (Å²) in [6.45, 7) is 0.335. The smallest absolute Gasteiger partial charge is 0.337 e. The van der Waals surface area contributed by atoms with Crippen LogP contribution in [0.25, 0.3) is 0 Å². The fourth-order valence-electron chi connectivity index (χ4n) is 5.47. The summed E-state index contributed by atoms with van der Waals surface area (Å²) in [6.07, 6.45) is -14.6. The van der Waals surface area contributed by atoms with Gasteiger partial charge in [0.15, 0.2) is 12.6 Å². The van der Waals surface area contributed by atoms with Gasteiger partial charge < -0.3 is 74.0 Å². The molecule has 3 heterocycles. The zero-order valence-electron chi connectivity index (χ0n) is 26.2. The average molecular weight is 687 g/mol. The first-order valence-corrected chi connectivity index (χ1v) is 15.2. The molecule has 48 heavy (non-hydrogen) atoms. The number of carbonyl (C=O) groups excluding carboxylic acids is 2. The van der Waals surface area contributed by atoms with E-state index in [4.69, 9.17) is 33.2 Å². The van der Waals surface area contributed by atoms with Crippen LogP contribution in [-0.4, -0.2) is 147 Å². The molecule has 1 unspecified atom stereocenters. The number of ether oxygens (including phenoxy) is 7. The number of aliphatic hydroxyl groups is 7. The molecule has 8 N–H and O–H groups in total. The Balaban J connectivity index is 1.39. The normalized spacial score (nSPS) is 36.2. The average Bonchev–Trinajstić information content (AvgIpc) is 3.08. The Morgan fingerprint density at radius 1 is 0.875 bits per heavy atom. The van der Waals surface area contributed by atoms with Crippen LogP contribution in [0.3, 0.4) is 0 Å². The second-order valence-corrected chi connectivity index (χ2v) is 11.4. The lowest BCUT2D eigenvalue weighted by Crippen LogP contribution is -2.60. The minimum atomic E-state index is -1.75. The predicted octanol–water partition coefficient (Wildman–Crippen LogP) is -2.52. The molecule has 3 aliphatic heterocycles. The number of rotatable bonds is 12. The third-order valence-electron chi connectivity index (χ3n) is 8.29. The molecule has 2 fully saturated rings. The van der Waals surface area contributed by atoms with Crippen LogP contribution in [0.5, 0.6) is 5.75 Å². The van der Waals surface area contributed by atoms with Crippen LogP contribution >= 0.6 is 0 Å². The van der Waals surface area contributed by atoms with Gasteiger partial charge in [-0.05, 0) is 31.0 Å². The SMILES string of the molecule is C/C=C1/C(CC(=O)OC[C@H]2O[C@@H](OCCc3ccc(O)cc3)[C@H](O)[C@@H](O)[C@@H]2O)C(C(=O)OC)=CO[C@H]1O[C@@H]1O[C@H](CO)[C@@H](O)[C@H](O)[C@H]1O. The van der Waals surface area contributed by atoms with Gasteiger partial charge in [-0.2, -0.15) is 0 Å². The Bertz CT molecular complexity index is 1280. The number of allylic oxidation sites excluding steroid dienone is 1. The summed E-state index contributed by atoms with van der Waals surface area (Å²) in [4.78, 5) is 25.7. The summed E-state index contributed by atoms with van der Waals surface area (Å²) in [7, 11) is 1.12. The van der Waals surface area contributed by atoms with Gasteiger partial charge in [-0.15, -0.1) is 0 Å². The molecule has 0 spiro atoms. The number of methoxy groups -OCH3 is 1. The number of benzene rings is 1. The topological polar surface area (TPSA) is 261 Å². The van der Waals surface area contributed by atoms with Gasteiger partial charge >= 0.3 is 11.9 Å². The van der Waals surface area contributed by atoms with E-state index in [1.165, 1.54) is 18.2 Å². The van der Waals surface area contributed by atoms with E-state index in [0.29, 0.717) is 6.42 Å². The molecule has 1 aromatic carbocycles. The highest BCUT2D eigenvalue weighted by Crippen LogP contribution is 2.36. The highest BCUT2D eigenvalue weighted by Gasteiger charge is 2.48. The Hall–Kier alpha value is -3.20. The van der Waals surface area contributed by atoms with Crippen molar-refractivity contribution in [3.05, 3.63) is 53.3 Å². The van der Waals surface area contributed by atoms with Crippen LogP contribution in [0, 0.1) is 5.92 Å². The lowest BCUT2D eigenvalue weighted by molar-refractivity contribution is -0.327. The van der Waals surface area contributed by atoms with Gasteiger partial charge in [-0.3, -0.25) is 4.79 Å². The Morgan fingerprint density at radius 3 is 2.12 bits per heavy atom. The van der Waals surface area contributed by atoms with Gasteiger partial charge in [0.2, 0.25) is 6.29 Å². The van der Waals surface area contributed by atoms with Crippen molar-refractivity contribution < 1.29 is 83.6 Å². The molecule has 4 rings (SSSR count). The Kier molecular flexibility index (Phi) is 13.3. The first-order chi connectivity index (χ1) is 22.9. The van der Waals surface area contributed by atoms with Crippen molar-refractivity contribution in [2.24, 2.45) is 5.92 Å². The Labute approximate surface area is 275 Å². The van der Waals surface area contributed by atoms with Crippen molar-refractivity contribution in [3.63, 3.8) is 0 Å². The summed E-state index contributed by atoms with van der Waals surface area (Å²) < 4.78 is 38.0. The number of hydrogen-bond acceptors (Lipinski definition) is 17. The molecule has 2 saturated heterocycles.